The van der Waals surface area contributed by atoms with E-state index >= 15 is 0 Å². The van der Waals surface area contributed by atoms with Crippen molar-refractivity contribution in [1.82, 2.24) is 30.8 Å². The molecule has 0 fully saturated rings. The number of amides is 1. The van der Waals surface area contributed by atoms with Gasteiger partial charge in [-0.15, -0.1) is 10.2 Å². The molecule has 0 spiro atoms. The van der Waals surface area contributed by atoms with Crippen LogP contribution < -0.4 is 5.32 Å². The van der Waals surface area contributed by atoms with Crippen LogP contribution in [0.2, 0.25) is 0 Å². The molecule has 0 aliphatic heterocycles. The monoisotopic (exact) mass is 260 g/mol. The second kappa shape index (κ2) is 6.05. The van der Waals surface area contributed by atoms with Crippen molar-refractivity contribution in [1.29, 1.82) is 0 Å². The Bertz CT molecular complexity index is 520. The summed E-state index contributed by atoms with van der Waals surface area (Å²) < 4.78 is 0. The van der Waals surface area contributed by atoms with Crippen molar-refractivity contribution in [3.05, 3.63) is 41.2 Å². The lowest BCUT2D eigenvalue weighted by Crippen LogP contribution is -2.23. The molecule has 2 N–H and O–H groups in total. The van der Waals surface area contributed by atoms with Crippen LogP contribution in [0, 0.1) is 0 Å². The molecule has 2 aromatic rings. The maximum atomic E-state index is 11.9. The molecule has 1 aromatic carbocycles. The van der Waals surface area contributed by atoms with Gasteiger partial charge in [0.1, 0.15) is 0 Å². The molecule has 0 aliphatic rings. The topological polar surface area (TPSA) is 86.8 Å². The zero-order valence-corrected chi connectivity index (χ0v) is 10.9. The molecule has 0 radical (unpaired) electrons. The first-order valence-electron chi connectivity index (χ1n) is 5.89. The van der Waals surface area contributed by atoms with Crippen molar-refractivity contribution in [3.8, 4) is 0 Å². The molecule has 0 unspecified atom stereocenters. The minimum atomic E-state index is -0.152. The van der Waals surface area contributed by atoms with Gasteiger partial charge in [0.2, 0.25) is 0 Å². The Kier molecular flexibility index (Phi) is 4.19. The zero-order chi connectivity index (χ0) is 13.7. The fourth-order valence-electron chi connectivity index (χ4n) is 1.65. The third kappa shape index (κ3) is 3.85. The van der Waals surface area contributed by atoms with E-state index in [-0.39, 0.29) is 12.5 Å². The molecule has 7 nitrogen and oxygen atoms in total. The number of nitrogens with one attached hydrogen (secondary N) is 2. The Hall–Kier alpha value is -2.28. The van der Waals surface area contributed by atoms with Crippen LogP contribution in [0.3, 0.4) is 0 Å². The smallest absolute Gasteiger partial charge is 0.251 e. The lowest BCUT2D eigenvalue weighted by Gasteiger charge is -2.10. The average Bonchev–Trinajstić information content (AvgIpc) is 2.89. The van der Waals surface area contributed by atoms with Crippen LogP contribution in [-0.4, -0.2) is 45.5 Å². The SMILES string of the molecule is CN(C)Cc1ccc(C(=O)NCc2nn[nH]n2)cc1. The number of benzene rings is 1. The van der Waals surface area contributed by atoms with Crippen molar-refractivity contribution >= 4 is 5.91 Å². The first-order valence-corrected chi connectivity index (χ1v) is 5.89. The molecule has 1 aromatic heterocycles. The molecule has 0 saturated heterocycles. The van der Waals surface area contributed by atoms with Gasteiger partial charge in [0.15, 0.2) is 5.82 Å². The quantitative estimate of drug-likeness (QED) is 0.801. The van der Waals surface area contributed by atoms with Crippen LogP contribution in [-0.2, 0) is 13.1 Å². The number of H-pyrrole nitrogens is 1. The van der Waals surface area contributed by atoms with Gasteiger partial charge in [0.25, 0.3) is 5.91 Å². The summed E-state index contributed by atoms with van der Waals surface area (Å²) in [5.41, 5.74) is 1.78. The van der Waals surface area contributed by atoms with Gasteiger partial charge >= 0.3 is 0 Å². The summed E-state index contributed by atoms with van der Waals surface area (Å²) in [5.74, 6) is 0.304. The number of nitrogens with zero attached hydrogens (tertiary/aromatic N) is 4. The van der Waals surface area contributed by atoms with E-state index in [0.29, 0.717) is 11.4 Å². The van der Waals surface area contributed by atoms with Crippen molar-refractivity contribution in [2.75, 3.05) is 14.1 Å². The molecule has 0 atom stereocenters. The molecule has 0 bridgehead atoms. The zero-order valence-electron chi connectivity index (χ0n) is 10.9. The summed E-state index contributed by atoms with van der Waals surface area (Å²) >= 11 is 0. The lowest BCUT2D eigenvalue weighted by atomic mass is 10.1. The Balaban J connectivity index is 1.92. The fraction of sp³-hybridized carbons (Fsp3) is 0.333. The molecule has 100 valence electrons. The molecule has 1 heterocycles. The van der Waals surface area contributed by atoms with Crippen LogP contribution in [0.4, 0.5) is 0 Å². The molecular weight excluding hydrogens is 244 g/mol. The summed E-state index contributed by atoms with van der Waals surface area (Å²) in [5, 5.41) is 16.0. The Morgan fingerprint density at radius 2 is 2.05 bits per heavy atom. The first kappa shape index (κ1) is 13.2. The predicted octanol–water partition coefficient (Wildman–Crippen LogP) is 0.191. The van der Waals surface area contributed by atoms with Gasteiger partial charge in [-0.25, -0.2) is 0 Å². The minimum absolute atomic E-state index is 0.152. The highest BCUT2D eigenvalue weighted by molar-refractivity contribution is 5.94. The fourth-order valence-corrected chi connectivity index (χ4v) is 1.65. The Morgan fingerprint density at radius 3 is 2.63 bits per heavy atom. The van der Waals surface area contributed by atoms with Gasteiger partial charge in [-0.1, -0.05) is 17.3 Å². The molecular formula is C12H16N6O. The van der Waals surface area contributed by atoms with Crippen molar-refractivity contribution in [3.63, 3.8) is 0 Å². The van der Waals surface area contributed by atoms with Crippen LogP contribution in [0.5, 0.6) is 0 Å². The lowest BCUT2D eigenvalue weighted by molar-refractivity contribution is 0.0950. The second-order valence-corrected chi connectivity index (χ2v) is 4.45. The van der Waals surface area contributed by atoms with E-state index in [9.17, 15) is 4.79 Å². The number of rotatable bonds is 5. The second-order valence-electron chi connectivity index (χ2n) is 4.45. The molecule has 0 aliphatic carbocycles. The number of carbonyl (C=O) groups is 1. The number of aromatic nitrogens is 4. The third-order valence-electron chi connectivity index (χ3n) is 2.51. The van der Waals surface area contributed by atoms with E-state index in [1.165, 1.54) is 5.56 Å². The average molecular weight is 260 g/mol. The normalized spacial score (nSPS) is 10.7. The predicted molar refractivity (Wildman–Crippen MR) is 69.2 cm³/mol. The van der Waals surface area contributed by atoms with Crippen LogP contribution in [0.25, 0.3) is 0 Å². The van der Waals surface area contributed by atoms with Gasteiger partial charge in [-0.3, -0.25) is 4.79 Å². The van der Waals surface area contributed by atoms with E-state index in [1.54, 1.807) is 0 Å². The summed E-state index contributed by atoms with van der Waals surface area (Å²) in [4.78, 5) is 13.9. The standard InChI is InChI=1S/C12H16N6O/c1-18(2)8-9-3-5-10(6-4-9)12(19)13-7-11-14-16-17-15-11/h3-6H,7-8H2,1-2H3,(H,13,19)(H,14,15,16,17). The highest BCUT2D eigenvalue weighted by Crippen LogP contribution is 2.06. The Morgan fingerprint density at radius 1 is 1.32 bits per heavy atom. The molecule has 0 saturated carbocycles. The van der Waals surface area contributed by atoms with E-state index in [2.05, 4.69) is 30.8 Å². The molecule has 7 heteroatoms. The number of tetrazole rings is 1. The third-order valence-corrected chi connectivity index (χ3v) is 2.51. The van der Waals surface area contributed by atoms with Crippen LogP contribution in [0.1, 0.15) is 21.7 Å². The Labute approximate surface area is 111 Å². The first-order chi connectivity index (χ1) is 9.15. The van der Waals surface area contributed by atoms with E-state index < -0.39 is 0 Å². The van der Waals surface area contributed by atoms with E-state index in [4.69, 9.17) is 0 Å². The van der Waals surface area contributed by atoms with Crippen molar-refractivity contribution < 1.29 is 4.79 Å². The number of aromatic amines is 1. The highest BCUT2D eigenvalue weighted by Gasteiger charge is 2.06. The summed E-state index contributed by atoms with van der Waals surface area (Å²) in [6.45, 7) is 1.11. The maximum absolute atomic E-state index is 11.9. The largest absolute Gasteiger partial charge is 0.345 e. The number of hydrogen-bond donors (Lipinski definition) is 2. The summed E-state index contributed by atoms with van der Waals surface area (Å²) in [6.07, 6.45) is 0. The van der Waals surface area contributed by atoms with Gasteiger partial charge < -0.3 is 10.2 Å². The number of hydrogen-bond acceptors (Lipinski definition) is 5. The van der Waals surface area contributed by atoms with E-state index in [0.717, 1.165) is 6.54 Å². The van der Waals surface area contributed by atoms with E-state index in [1.807, 2.05) is 38.4 Å². The highest BCUT2D eigenvalue weighted by atomic mass is 16.1. The van der Waals surface area contributed by atoms with Crippen LogP contribution >= 0.6 is 0 Å². The molecule has 1 amide bonds. The van der Waals surface area contributed by atoms with Gasteiger partial charge in [0, 0.05) is 12.1 Å². The van der Waals surface area contributed by atoms with Gasteiger partial charge in [-0.05, 0) is 31.8 Å². The summed E-state index contributed by atoms with van der Waals surface area (Å²) in [6, 6.07) is 7.52. The summed E-state index contributed by atoms with van der Waals surface area (Å²) in [7, 11) is 4.01. The minimum Gasteiger partial charge on any atom is -0.345 e. The maximum Gasteiger partial charge on any atom is 0.251 e. The van der Waals surface area contributed by atoms with Crippen LogP contribution in [0.15, 0.2) is 24.3 Å². The van der Waals surface area contributed by atoms with Crippen molar-refractivity contribution in [2.45, 2.75) is 13.1 Å². The molecule has 2 rings (SSSR count). The molecule has 19 heavy (non-hydrogen) atoms. The van der Waals surface area contributed by atoms with Crippen molar-refractivity contribution in [2.24, 2.45) is 0 Å². The van der Waals surface area contributed by atoms with Gasteiger partial charge in [-0.2, -0.15) is 5.21 Å². The number of carbonyl (C=O) groups excluding carboxylic acids is 1. The van der Waals surface area contributed by atoms with Gasteiger partial charge in [0.05, 0.1) is 6.54 Å².